The summed E-state index contributed by atoms with van der Waals surface area (Å²) in [5.41, 5.74) is 2.16. The summed E-state index contributed by atoms with van der Waals surface area (Å²) in [6, 6.07) is 8.03. The van der Waals surface area contributed by atoms with Gasteiger partial charge in [-0.15, -0.1) is 11.8 Å². The van der Waals surface area contributed by atoms with Gasteiger partial charge in [0.05, 0.1) is 11.8 Å². The first-order chi connectivity index (χ1) is 8.22. The molecule has 0 saturated carbocycles. The molecule has 0 unspecified atom stereocenters. The Morgan fingerprint density at radius 2 is 2.41 bits per heavy atom. The minimum absolute atomic E-state index is 0.0437. The molecule has 0 aliphatic carbocycles. The molecule has 0 aromatic heterocycles. The van der Waals surface area contributed by atoms with Gasteiger partial charge in [0, 0.05) is 11.4 Å². The summed E-state index contributed by atoms with van der Waals surface area (Å²) < 4.78 is 0. The zero-order chi connectivity index (χ0) is 12.3. The highest BCUT2D eigenvalue weighted by Crippen LogP contribution is 2.34. The maximum atomic E-state index is 11.9. The quantitative estimate of drug-likeness (QED) is 0.765. The van der Waals surface area contributed by atoms with E-state index in [2.05, 4.69) is 6.07 Å². The fourth-order valence-corrected chi connectivity index (χ4v) is 3.00. The molecule has 3 nitrogen and oxygen atoms in total. The molecule has 4 heteroatoms. The van der Waals surface area contributed by atoms with Gasteiger partial charge in [-0.25, -0.2) is 0 Å². The first-order valence-electron chi connectivity index (χ1n) is 5.63. The van der Waals surface area contributed by atoms with Crippen molar-refractivity contribution < 1.29 is 4.79 Å². The van der Waals surface area contributed by atoms with Gasteiger partial charge in [0.2, 0.25) is 5.91 Å². The predicted octanol–water partition coefficient (Wildman–Crippen LogP) is 2.74. The highest BCUT2D eigenvalue weighted by molar-refractivity contribution is 7.99. The Balaban J connectivity index is 2.37. The molecule has 88 valence electrons. The van der Waals surface area contributed by atoms with Crippen molar-refractivity contribution in [3.05, 3.63) is 23.8 Å². The summed E-state index contributed by atoms with van der Waals surface area (Å²) in [7, 11) is 0. The summed E-state index contributed by atoms with van der Waals surface area (Å²) in [4.78, 5) is 14.8. The van der Waals surface area contributed by atoms with E-state index in [1.54, 1.807) is 16.7 Å². The summed E-state index contributed by atoms with van der Waals surface area (Å²) in [5, 5.41) is 8.63. The number of benzene rings is 1. The van der Waals surface area contributed by atoms with E-state index in [9.17, 15) is 4.79 Å². The largest absolute Gasteiger partial charge is 0.310 e. The maximum absolute atomic E-state index is 11.9. The second kappa shape index (κ2) is 5.24. The van der Waals surface area contributed by atoms with Crippen molar-refractivity contribution in [2.75, 3.05) is 17.2 Å². The van der Waals surface area contributed by atoms with Crippen LogP contribution in [-0.4, -0.2) is 18.2 Å². The van der Waals surface area contributed by atoms with Crippen LogP contribution in [-0.2, 0) is 4.79 Å². The lowest BCUT2D eigenvalue weighted by Gasteiger charge is -2.21. The Morgan fingerprint density at radius 1 is 1.59 bits per heavy atom. The van der Waals surface area contributed by atoms with Gasteiger partial charge >= 0.3 is 0 Å². The number of hydrogen-bond acceptors (Lipinski definition) is 3. The van der Waals surface area contributed by atoms with Gasteiger partial charge in [-0.05, 0) is 36.8 Å². The van der Waals surface area contributed by atoms with Crippen LogP contribution in [0.2, 0.25) is 0 Å². The van der Waals surface area contributed by atoms with E-state index < -0.39 is 0 Å². The number of nitrogens with zero attached hydrogens (tertiary/aromatic N) is 2. The molecule has 1 heterocycles. The van der Waals surface area contributed by atoms with Crippen LogP contribution in [0.3, 0.4) is 0 Å². The molecular weight excluding hydrogens is 232 g/mol. The fourth-order valence-electron chi connectivity index (χ4n) is 1.91. The molecule has 0 fully saturated rings. The molecule has 17 heavy (non-hydrogen) atoms. The first kappa shape index (κ1) is 12.0. The van der Waals surface area contributed by atoms with Crippen LogP contribution in [0.4, 0.5) is 5.69 Å². The van der Waals surface area contributed by atoms with Gasteiger partial charge in [-0.3, -0.25) is 4.79 Å². The van der Waals surface area contributed by atoms with E-state index in [4.69, 9.17) is 5.26 Å². The van der Waals surface area contributed by atoms with Gasteiger partial charge < -0.3 is 4.90 Å². The van der Waals surface area contributed by atoms with Crippen LogP contribution >= 0.6 is 11.8 Å². The summed E-state index contributed by atoms with van der Waals surface area (Å²) in [6.07, 6.45) is 0.924. The first-order valence-corrected chi connectivity index (χ1v) is 6.61. The van der Waals surface area contributed by atoms with E-state index in [1.807, 2.05) is 25.1 Å². The summed E-state index contributed by atoms with van der Waals surface area (Å²) in [6.45, 7) is 2.76. The van der Waals surface area contributed by atoms with Gasteiger partial charge in [-0.2, -0.15) is 5.26 Å². The Hall–Kier alpha value is -1.47. The third kappa shape index (κ3) is 2.62. The number of amides is 1. The molecule has 0 spiro atoms. The summed E-state index contributed by atoms with van der Waals surface area (Å²) >= 11 is 1.79. The standard InChI is InChI=1S/C13H14N2OS/c1-10-3-4-11-12(9-10)17-8-2-7-15(11)13(16)5-6-14/h3-4,9H,2,5,7-8H2,1H3. The molecule has 0 N–H and O–H groups in total. The second-order valence-electron chi connectivity index (χ2n) is 4.05. The molecule has 1 amide bonds. The lowest BCUT2D eigenvalue weighted by atomic mass is 10.2. The number of rotatable bonds is 1. The third-order valence-corrected chi connectivity index (χ3v) is 3.85. The number of anilines is 1. The Labute approximate surface area is 105 Å². The Kier molecular flexibility index (Phi) is 3.70. The number of carbonyl (C=O) groups excluding carboxylic acids is 1. The second-order valence-corrected chi connectivity index (χ2v) is 5.19. The average Bonchev–Trinajstić information content (AvgIpc) is 2.51. The highest BCUT2D eigenvalue weighted by Gasteiger charge is 2.20. The van der Waals surface area contributed by atoms with Crippen LogP contribution in [0.1, 0.15) is 18.4 Å². The molecule has 1 aliphatic heterocycles. The van der Waals surface area contributed by atoms with E-state index in [-0.39, 0.29) is 12.3 Å². The molecule has 1 aromatic carbocycles. The maximum Gasteiger partial charge on any atom is 0.241 e. The zero-order valence-corrected chi connectivity index (χ0v) is 10.6. The van der Waals surface area contributed by atoms with Gasteiger partial charge in [0.15, 0.2) is 0 Å². The topological polar surface area (TPSA) is 44.1 Å². The van der Waals surface area contributed by atoms with Gasteiger partial charge in [0.1, 0.15) is 6.42 Å². The Morgan fingerprint density at radius 3 is 3.18 bits per heavy atom. The van der Waals surface area contributed by atoms with Crippen molar-refractivity contribution in [1.82, 2.24) is 0 Å². The molecule has 0 atom stereocenters. The van der Waals surface area contributed by atoms with Gasteiger partial charge in [-0.1, -0.05) is 6.07 Å². The number of carbonyl (C=O) groups is 1. The molecule has 0 saturated heterocycles. The lowest BCUT2D eigenvalue weighted by molar-refractivity contribution is -0.117. The van der Waals surface area contributed by atoms with Crippen molar-refractivity contribution in [3.63, 3.8) is 0 Å². The summed E-state index contributed by atoms with van der Waals surface area (Å²) in [5.74, 6) is 0.923. The molecule has 0 radical (unpaired) electrons. The van der Waals surface area contributed by atoms with Crippen molar-refractivity contribution in [2.24, 2.45) is 0 Å². The number of thioether (sulfide) groups is 1. The number of fused-ring (bicyclic) bond motifs is 1. The molecule has 1 aliphatic rings. The average molecular weight is 246 g/mol. The van der Waals surface area contributed by atoms with Crippen LogP contribution in [0.5, 0.6) is 0 Å². The minimum Gasteiger partial charge on any atom is -0.310 e. The van der Waals surface area contributed by atoms with Crippen molar-refractivity contribution in [1.29, 1.82) is 5.26 Å². The predicted molar refractivity (Wildman–Crippen MR) is 69.1 cm³/mol. The molecule has 2 rings (SSSR count). The van der Waals surface area contributed by atoms with E-state index >= 15 is 0 Å². The van der Waals surface area contributed by atoms with Crippen molar-refractivity contribution >= 4 is 23.4 Å². The molecule has 1 aromatic rings. The van der Waals surface area contributed by atoms with Crippen molar-refractivity contribution in [2.45, 2.75) is 24.7 Å². The van der Waals surface area contributed by atoms with Crippen LogP contribution in [0, 0.1) is 18.3 Å². The normalized spacial score (nSPS) is 14.7. The molecular formula is C13H14N2OS. The SMILES string of the molecule is Cc1ccc2c(c1)SCCCN2C(=O)CC#N. The van der Waals surface area contributed by atoms with E-state index in [0.29, 0.717) is 6.54 Å². The highest BCUT2D eigenvalue weighted by atomic mass is 32.2. The van der Waals surface area contributed by atoms with Crippen LogP contribution in [0.25, 0.3) is 0 Å². The zero-order valence-electron chi connectivity index (χ0n) is 9.77. The minimum atomic E-state index is -0.0971. The van der Waals surface area contributed by atoms with E-state index in [0.717, 1.165) is 22.8 Å². The fraction of sp³-hybridized carbons (Fsp3) is 0.385. The van der Waals surface area contributed by atoms with Gasteiger partial charge in [0.25, 0.3) is 0 Å². The lowest BCUT2D eigenvalue weighted by Crippen LogP contribution is -2.31. The van der Waals surface area contributed by atoms with Crippen LogP contribution in [0.15, 0.2) is 23.1 Å². The number of nitriles is 1. The number of hydrogen-bond donors (Lipinski definition) is 0. The smallest absolute Gasteiger partial charge is 0.241 e. The third-order valence-electron chi connectivity index (χ3n) is 2.72. The Bertz CT molecular complexity index is 479. The van der Waals surface area contributed by atoms with Crippen molar-refractivity contribution in [3.8, 4) is 6.07 Å². The molecule has 0 bridgehead atoms. The number of aryl methyl sites for hydroxylation is 1. The van der Waals surface area contributed by atoms with Crippen LogP contribution < -0.4 is 4.90 Å². The van der Waals surface area contributed by atoms with E-state index in [1.165, 1.54) is 5.56 Å². The monoisotopic (exact) mass is 246 g/mol.